The van der Waals surface area contributed by atoms with Gasteiger partial charge in [-0.2, -0.15) is 9.40 Å². The molecular formula is C25H32N8O3S. The molecule has 1 amide bonds. The van der Waals surface area contributed by atoms with Gasteiger partial charge >= 0.3 is 0 Å². The summed E-state index contributed by atoms with van der Waals surface area (Å²) in [5.74, 6) is 0.300. The van der Waals surface area contributed by atoms with Crippen LogP contribution in [0.3, 0.4) is 0 Å². The zero-order valence-electron chi connectivity index (χ0n) is 21.4. The Bertz CT molecular complexity index is 1380. The number of aromatic nitrogens is 4. The Kier molecular flexibility index (Phi) is 6.86. The van der Waals surface area contributed by atoms with E-state index in [0.29, 0.717) is 58.3 Å². The first-order valence-corrected chi connectivity index (χ1v) is 13.9. The molecule has 3 aromatic rings. The van der Waals surface area contributed by atoms with Gasteiger partial charge < -0.3 is 14.7 Å². The van der Waals surface area contributed by atoms with Crippen molar-refractivity contribution in [3.8, 4) is 0 Å². The normalized spacial score (nSPS) is 17.3. The van der Waals surface area contributed by atoms with Crippen molar-refractivity contribution in [3.05, 3.63) is 59.5 Å². The third kappa shape index (κ3) is 5.03. The topological polar surface area (TPSA) is 108 Å². The number of rotatable bonds is 5. The quantitative estimate of drug-likeness (QED) is 0.492. The predicted molar refractivity (Wildman–Crippen MR) is 140 cm³/mol. The molecule has 0 radical (unpaired) electrons. The molecule has 0 unspecified atom stereocenters. The fourth-order valence-corrected chi connectivity index (χ4v) is 6.43. The van der Waals surface area contributed by atoms with Crippen molar-refractivity contribution in [3.63, 3.8) is 0 Å². The van der Waals surface area contributed by atoms with Gasteiger partial charge in [0.15, 0.2) is 0 Å². The van der Waals surface area contributed by atoms with Crippen molar-refractivity contribution in [2.45, 2.75) is 18.9 Å². The van der Waals surface area contributed by atoms with Crippen molar-refractivity contribution in [2.75, 3.05) is 62.2 Å². The Morgan fingerprint density at radius 2 is 1.54 bits per heavy atom. The van der Waals surface area contributed by atoms with Gasteiger partial charge in [0.05, 0.1) is 5.56 Å². The summed E-state index contributed by atoms with van der Waals surface area (Å²) in [5, 5.41) is 4.06. The summed E-state index contributed by atoms with van der Waals surface area (Å²) in [6.45, 7) is 7.95. The number of carbonyl (C=O) groups is 1. The van der Waals surface area contributed by atoms with E-state index in [1.165, 1.54) is 26.3 Å². The molecule has 2 saturated heterocycles. The highest BCUT2D eigenvalue weighted by molar-refractivity contribution is 7.89. The van der Waals surface area contributed by atoms with E-state index in [1.807, 2.05) is 4.90 Å². The molecule has 196 valence electrons. The standard InChI is InChI=1S/C25H32N8O3S/c1-19-5-6-20(2)22(17-19)30-13-15-33(16-14-30)37(35,36)23-21(18-29(3)28-23)24(34)31-9-11-32(12-10-31)25-26-7-4-8-27-25/h4-8,17-18H,9-16H2,1-3H3. The highest BCUT2D eigenvalue weighted by Crippen LogP contribution is 2.26. The van der Waals surface area contributed by atoms with Crippen molar-refractivity contribution in [2.24, 2.45) is 7.05 Å². The Balaban J connectivity index is 1.29. The highest BCUT2D eigenvalue weighted by atomic mass is 32.2. The Hall–Kier alpha value is -3.51. The third-order valence-electron chi connectivity index (χ3n) is 6.96. The lowest BCUT2D eigenvalue weighted by molar-refractivity contribution is 0.0742. The zero-order chi connectivity index (χ0) is 26.2. The molecule has 12 heteroatoms. The molecule has 11 nitrogen and oxygen atoms in total. The second-order valence-corrected chi connectivity index (χ2v) is 11.4. The van der Waals surface area contributed by atoms with E-state index in [1.54, 1.807) is 30.4 Å². The Morgan fingerprint density at radius 3 is 2.22 bits per heavy atom. The Morgan fingerprint density at radius 1 is 0.892 bits per heavy atom. The van der Waals surface area contributed by atoms with E-state index in [4.69, 9.17) is 0 Å². The molecular weight excluding hydrogens is 492 g/mol. The highest BCUT2D eigenvalue weighted by Gasteiger charge is 2.36. The summed E-state index contributed by atoms with van der Waals surface area (Å²) < 4.78 is 30.1. The van der Waals surface area contributed by atoms with Gasteiger partial charge in [-0.05, 0) is 37.1 Å². The number of anilines is 2. The van der Waals surface area contributed by atoms with Crippen molar-refractivity contribution >= 4 is 27.6 Å². The second kappa shape index (κ2) is 10.1. The van der Waals surface area contributed by atoms with Gasteiger partial charge in [-0.25, -0.2) is 18.4 Å². The lowest BCUT2D eigenvalue weighted by Gasteiger charge is -2.36. The molecule has 1 aromatic carbocycles. The van der Waals surface area contributed by atoms with Crippen LogP contribution in [0.15, 0.2) is 47.9 Å². The third-order valence-corrected chi connectivity index (χ3v) is 8.79. The number of hydrogen-bond acceptors (Lipinski definition) is 8. The molecule has 2 fully saturated rings. The molecule has 0 N–H and O–H groups in total. The maximum absolute atomic E-state index is 13.6. The summed E-state index contributed by atoms with van der Waals surface area (Å²) in [6, 6.07) is 8.07. The van der Waals surface area contributed by atoms with Crippen LogP contribution in [0, 0.1) is 13.8 Å². The summed E-state index contributed by atoms with van der Waals surface area (Å²) in [6.07, 6.45) is 4.89. The van der Waals surface area contributed by atoms with Crippen molar-refractivity contribution in [1.29, 1.82) is 0 Å². The predicted octanol–water partition coefficient (Wildman–Crippen LogP) is 1.30. The maximum Gasteiger partial charge on any atom is 0.263 e. The molecule has 2 aliphatic heterocycles. The van der Waals surface area contributed by atoms with E-state index < -0.39 is 10.0 Å². The smallest absolute Gasteiger partial charge is 0.263 e. The van der Waals surface area contributed by atoms with Gasteiger partial charge in [-0.15, -0.1) is 0 Å². The minimum absolute atomic E-state index is 0.115. The largest absolute Gasteiger partial charge is 0.369 e. The first-order chi connectivity index (χ1) is 17.7. The molecule has 0 aliphatic carbocycles. The number of sulfonamides is 1. The minimum atomic E-state index is -3.94. The second-order valence-electron chi connectivity index (χ2n) is 9.53. The van der Waals surface area contributed by atoms with Crippen LogP contribution in [-0.2, 0) is 17.1 Å². The van der Waals surface area contributed by atoms with Crippen molar-refractivity contribution < 1.29 is 13.2 Å². The fourth-order valence-electron chi connectivity index (χ4n) is 4.89. The number of piperazine rings is 2. The van der Waals surface area contributed by atoms with Crippen LogP contribution in [0.5, 0.6) is 0 Å². The summed E-state index contributed by atoms with van der Waals surface area (Å²) in [5.41, 5.74) is 3.58. The lowest BCUT2D eigenvalue weighted by atomic mass is 10.1. The molecule has 4 heterocycles. The van der Waals surface area contributed by atoms with E-state index >= 15 is 0 Å². The van der Waals surface area contributed by atoms with E-state index in [-0.39, 0.29) is 16.5 Å². The first kappa shape index (κ1) is 25.2. The van der Waals surface area contributed by atoms with Gasteiger partial charge in [0, 0.05) is 83.7 Å². The number of benzene rings is 1. The first-order valence-electron chi connectivity index (χ1n) is 12.4. The monoisotopic (exact) mass is 524 g/mol. The van der Waals surface area contributed by atoms with Crippen LogP contribution in [0.1, 0.15) is 21.5 Å². The van der Waals surface area contributed by atoms with Crippen LogP contribution in [-0.4, -0.2) is 95.6 Å². The molecule has 0 bridgehead atoms. The fraction of sp³-hybridized carbons (Fsp3) is 0.440. The minimum Gasteiger partial charge on any atom is -0.369 e. The van der Waals surface area contributed by atoms with Gasteiger partial charge in [0.2, 0.25) is 11.0 Å². The van der Waals surface area contributed by atoms with Crippen LogP contribution < -0.4 is 9.80 Å². The van der Waals surface area contributed by atoms with Crippen LogP contribution in [0.25, 0.3) is 0 Å². The SMILES string of the molecule is Cc1ccc(C)c(N2CCN(S(=O)(=O)c3nn(C)cc3C(=O)N3CCN(c4ncccn4)CC3)CC2)c1. The molecule has 0 saturated carbocycles. The molecule has 2 aromatic heterocycles. The van der Waals surface area contributed by atoms with E-state index in [9.17, 15) is 13.2 Å². The van der Waals surface area contributed by atoms with Crippen LogP contribution in [0.4, 0.5) is 11.6 Å². The maximum atomic E-state index is 13.6. The molecule has 37 heavy (non-hydrogen) atoms. The summed E-state index contributed by atoms with van der Waals surface area (Å²) in [4.78, 5) is 27.9. The zero-order valence-corrected chi connectivity index (χ0v) is 22.2. The number of aryl methyl sites for hydroxylation is 3. The average molecular weight is 525 g/mol. The van der Waals surface area contributed by atoms with Gasteiger partial charge in [-0.3, -0.25) is 9.48 Å². The van der Waals surface area contributed by atoms with E-state index in [0.717, 1.165) is 5.69 Å². The summed E-state index contributed by atoms with van der Waals surface area (Å²) >= 11 is 0. The lowest BCUT2D eigenvalue weighted by Crippen LogP contribution is -2.50. The summed E-state index contributed by atoms with van der Waals surface area (Å²) in [7, 11) is -2.30. The van der Waals surface area contributed by atoms with Crippen molar-refractivity contribution in [1.82, 2.24) is 29.0 Å². The molecule has 5 rings (SSSR count). The Labute approximate surface area is 217 Å². The number of carbonyl (C=O) groups excluding carboxylic acids is 1. The molecule has 0 atom stereocenters. The number of nitrogens with zero attached hydrogens (tertiary/aromatic N) is 8. The average Bonchev–Trinajstić information content (AvgIpc) is 3.33. The molecule has 0 spiro atoms. The number of amides is 1. The number of hydrogen-bond donors (Lipinski definition) is 0. The van der Waals surface area contributed by atoms with Gasteiger partial charge in [0.25, 0.3) is 15.9 Å². The van der Waals surface area contributed by atoms with Crippen LogP contribution >= 0.6 is 0 Å². The van der Waals surface area contributed by atoms with Gasteiger partial charge in [-0.1, -0.05) is 12.1 Å². The van der Waals surface area contributed by atoms with Gasteiger partial charge in [0.1, 0.15) is 0 Å². The molecule has 2 aliphatic rings. The van der Waals surface area contributed by atoms with Crippen LogP contribution in [0.2, 0.25) is 0 Å². The van der Waals surface area contributed by atoms with E-state index in [2.05, 4.69) is 52.0 Å².